The summed E-state index contributed by atoms with van der Waals surface area (Å²) >= 11 is 1.77. The molecule has 0 aliphatic heterocycles. The Bertz CT molecular complexity index is 471. The van der Waals surface area contributed by atoms with E-state index in [4.69, 9.17) is 0 Å². The first kappa shape index (κ1) is 12.0. The van der Waals surface area contributed by atoms with Crippen molar-refractivity contribution in [2.24, 2.45) is 0 Å². The summed E-state index contributed by atoms with van der Waals surface area (Å²) in [5.74, 6) is 0. The Labute approximate surface area is 106 Å². The molecule has 2 aromatic rings. The minimum atomic E-state index is 0.136. The number of thiazole rings is 1. The summed E-state index contributed by atoms with van der Waals surface area (Å²) in [4.78, 5) is 9.78. The van der Waals surface area contributed by atoms with Crippen LogP contribution < -0.4 is 5.32 Å². The number of hydrogen-bond donors (Lipinski definition) is 1. The number of hydrogen-bond acceptors (Lipinski definition) is 4. The van der Waals surface area contributed by atoms with Gasteiger partial charge in [0.2, 0.25) is 0 Å². The molecular formula is C13H17N3S. The number of pyridine rings is 1. The van der Waals surface area contributed by atoms with Crippen LogP contribution in [-0.4, -0.2) is 9.97 Å². The minimum Gasteiger partial charge on any atom is -0.379 e. The van der Waals surface area contributed by atoms with Crippen LogP contribution in [0, 0.1) is 0 Å². The van der Waals surface area contributed by atoms with Gasteiger partial charge in [0.15, 0.2) is 0 Å². The molecule has 2 aromatic heterocycles. The highest BCUT2D eigenvalue weighted by molar-refractivity contribution is 7.11. The van der Waals surface area contributed by atoms with Gasteiger partial charge in [0.25, 0.3) is 0 Å². The average molecular weight is 247 g/mol. The van der Waals surface area contributed by atoms with E-state index in [-0.39, 0.29) is 5.41 Å². The number of aromatic nitrogens is 2. The third-order valence-electron chi connectivity index (χ3n) is 2.32. The molecule has 0 atom stereocenters. The van der Waals surface area contributed by atoms with Gasteiger partial charge in [0, 0.05) is 28.9 Å². The maximum atomic E-state index is 4.46. The van der Waals surface area contributed by atoms with E-state index in [1.54, 1.807) is 17.5 Å². The highest BCUT2D eigenvalue weighted by Gasteiger charge is 2.17. The summed E-state index contributed by atoms with van der Waals surface area (Å²) in [6, 6.07) is 3.94. The van der Waals surface area contributed by atoms with Crippen molar-refractivity contribution < 1.29 is 0 Å². The Morgan fingerprint density at radius 3 is 2.71 bits per heavy atom. The molecule has 0 unspecified atom stereocenters. The summed E-state index contributed by atoms with van der Waals surface area (Å²) < 4.78 is 0. The van der Waals surface area contributed by atoms with Crippen molar-refractivity contribution >= 4 is 17.0 Å². The molecule has 0 fully saturated rings. The van der Waals surface area contributed by atoms with Gasteiger partial charge in [-0.05, 0) is 12.1 Å². The summed E-state index contributed by atoms with van der Waals surface area (Å²) in [7, 11) is 0. The zero-order valence-electron chi connectivity index (χ0n) is 10.4. The zero-order valence-corrected chi connectivity index (χ0v) is 11.2. The van der Waals surface area contributed by atoms with Gasteiger partial charge in [-0.2, -0.15) is 0 Å². The molecule has 1 N–H and O–H groups in total. The lowest BCUT2D eigenvalue weighted by molar-refractivity contribution is 0.585. The Hall–Kier alpha value is -1.42. The predicted molar refractivity (Wildman–Crippen MR) is 72.4 cm³/mol. The molecule has 90 valence electrons. The predicted octanol–water partition coefficient (Wildman–Crippen LogP) is 3.45. The van der Waals surface area contributed by atoms with E-state index in [1.807, 2.05) is 24.5 Å². The number of rotatable bonds is 3. The number of nitrogens with one attached hydrogen (secondary N) is 1. The molecule has 17 heavy (non-hydrogen) atoms. The third-order valence-corrected chi connectivity index (χ3v) is 3.75. The largest absolute Gasteiger partial charge is 0.379 e. The summed E-state index contributed by atoms with van der Waals surface area (Å²) in [6.45, 7) is 7.36. The molecule has 0 amide bonds. The van der Waals surface area contributed by atoms with E-state index in [1.165, 1.54) is 9.88 Å². The van der Waals surface area contributed by atoms with E-state index < -0.39 is 0 Å². The van der Waals surface area contributed by atoms with Crippen LogP contribution in [0.2, 0.25) is 0 Å². The van der Waals surface area contributed by atoms with Crippen LogP contribution in [-0.2, 0) is 12.0 Å². The van der Waals surface area contributed by atoms with Crippen LogP contribution >= 0.6 is 11.3 Å². The molecule has 0 aliphatic rings. The van der Waals surface area contributed by atoms with Gasteiger partial charge < -0.3 is 5.32 Å². The van der Waals surface area contributed by atoms with Crippen molar-refractivity contribution in [2.75, 3.05) is 5.32 Å². The van der Waals surface area contributed by atoms with Gasteiger partial charge >= 0.3 is 0 Å². The highest BCUT2D eigenvalue weighted by Crippen LogP contribution is 2.27. The van der Waals surface area contributed by atoms with Gasteiger partial charge in [-0.3, -0.25) is 4.98 Å². The first-order valence-electron chi connectivity index (χ1n) is 5.65. The lowest BCUT2D eigenvalue weighted by Crippen LogP contribution is -2.09. The highest BCUT2D eigenvalue weighted by atomic mass is 32.1. The van der Waals surface area contributed by atoms with Crippen LogP contribution in [0.5, 0.6) is 0 Å². The molecule has 2 heterocycles. The standard InChI is InChI=1S/C13H17N3S/c1-13(2,3)12-16-9-11(17-12)8-15-10-5-4-6-14-7-10/h4-7,9,15H,8H2,1-3H3. The molecule has 0 spiro atoms. The second kappa shape index (κ2) is 4.84. The van der Waals surface area contributed by atoms with Gasteiger partial charge in [-0.1, -0.05) is 20.8 Å². The minimum absolute atomic E-state index is 0.136. The molecular weight excluding hydrogens is 230 g/mol. The maximum absolute atomic E-state index is 4.46. The first-order valence-corrected chi connectivity index (χ1v) is 6.46. The molecule has 0 aliphatic carbocycles. The van der Waals surface area contributed by atoms with Crippen LogP contribution in [0.3, 0.4) is 0 Å². The lowest BCUT2D eigenvalue weighted by Gasteiger charge is -2.13. The summed E-state index contributed by atoms with van der Waals surface area (Å²) in [5, 5.41) is 4.51. The molecule has 4 heteroatoms. The quantitative estimate of drug-likeness (QED) is 0.902. The van der Waals surface area contributed by atoms with Gasteiger partial charge in [0.1, 0.15) is 0 Å². The molecule has 0 radical (unpaired) electrons. The van der Waals surface area contributed by atoms with Crippen molar-refractivity contribution in [3.05, 3.63) is 40.6 Å². The zero-order chi connectivity index (χ0) is 12.3. The smallest absolute Gasteiger partial charge is 0.0981 e. The van der Waals surface area contributed by atoms with Crippen molar-refractivity contribution in [2.45, 2.75) is 32.7 Å². The fourth-order valence-electron chi connectivity index (χ4n) is 1.39. The van der Waals surface area contributed by atoms with E-state index in [9.17, 15) is 0 Å². The maximum Gasteiger partial charge on any atom is 0.0981 e. The monoisotopic (exact) mass is 247 g/mol. The Morgan fingerprint density at radius 2 is 2.12 bits per heavy atom. The Morgan fingerprint density at radius 1 is 1.29 bits per heavy atom. The van der Waals surface area contributed by atoms with E-state index >= 15 is 0 Å². The van der Waals surface area contributed by atoms with Crippen molar-refractivity contribution in [3.63, 3.8) is 0 Å². The fraction of sp³-hybridized carbons (Fsp3) is 0.385. The first-order chi connectivity index (χ1) is 8.05. The molecule has 0 saturated heterocycles. The summed E-state index contributed by atoms with van der Waals surface area (Å²) in [6.07, 6.45) is 5.55. The van der Waals surface area contributed by atoms with Crippen molar-refractivity contribution in [1.29, 1.82) is 0 Å². The van der Waals surface area contributed by atoms with Crippen LogP contribution in [0.15, 0.2) is 30.7 Å². The van der Waals surface area contributed by atoms with Crippen LogP contribution in [0.1, 0.15) is 30.7 Å². The normalized spacial score (nSPS) is 11.5. The van der Waals surface area contributed by atoms with Gasteiger partial charge in [0.05, 0.1) is 17.2 Å². The van der Waals surface area contributed by atoms with Gasteiger partial charge in [-0.25, -0.2) is 4.98 Å². The van der Waals surface area contributed by atoms with Gasteiger partial charge in [-0.15, -0.1) is 11.3 Å². The average Bonchev–Trinajstić information content (AvgIpc) is 2.76. The van der Waals surface area contributed by atoms with Crippen molar-refractivity contribution in [1.82, 2.24) is 9.97 Å². The Balaban J connectivity index is 1.99. The second-order valence-electron chi connectivity index (χ2n) is 4.98. The molecule has 3 nitrogen and oxygen atoms in total. The SMILES string of the molecule is CC(C)(C)c1ncc(CNc2cccnc2)s1. The molecule has 2 rings (SSSR count). The topological polar surface area (TPSA) is 37.8 Å². The Kier molecular flexibility index (Phi) is 3.43. The lowest BCUT2D eigenvalue weighted by atomic mass is 9.98. The van der Waals surface area contributed by atoms with Crippen LogP contribution in [0.25, 0.3) is 0 Å². The van der Waals surface area contributed by atoms with E-state index in [2.05, 4.69) is 36.1 Å². The van der Waals surface area contributed by atoms with Crippen molar-refractivity contribution in [3.8, 4) is 0 Å². The van der Waals surface area contributed by atoms with Crippen LogP contribution in [0.4, 0.5) is 5.69 Å². The molecule has 0 bridgehead atoms. The van der Waals surface area contributed by atoms with E-state index in [0.29, 0.717) is 0 Å². The van der Waals surface area contributed by atoms with E-state index in [0.717, 1.165) is 12.2 Å². The fourth-order valence-corrected chi connectivity index (χ4v) is 2.30. The number of anilines is 1. The second-order valence-corrected chi connectivity index (χ2v) is 6.09. The molecule has 0 saturated carbocycles. The number of nitrogens with zero attached hydrogens (tertiary/aromatic N) is 2. The molecule has 0 aromatic carbocycles. The third kappa shape index (κ3) is 3.27. The summed E-state index contributed by atoms with van der Waals surface area (Å²) in [5.41, 5.74) is 1.18.